The molecule has 2 rings (SSSR count). The first-order chi connectivity index (χ1) is 14.2. The normalized spacial score (nSPS) is 12.2. The average molecular weight is 442 g/mol. The van der Waals surface area contributed by atoms with E-state index in [2.05, 4.69) is 25.9 Å². The van der Waals surface area contributed by atoms with Crippen LogP contribution in [0.1, 0.15) is 43.5 Å². The summed E-state index contributed by atoms with van der Waals surface area (Å²) in [5.74, 6) is 0.703. The molecule has 164 valence electrons. The molecule has 3 N–H and O–H groups in total. The van der Waals surface area contributed by atoms with Crippen molar-refractivity contribution in [1.82, 2.24) is 15.6 Å². The molecule has 0 bridgehead atoms. The minimum atomic E-state index is -4.44. The van der Waals surface area contributed by atoms with Gasteiger partial charge in [0.15, 0.2) is 11.7 Å². The molecular weight excluding hydrogens is 415 g/mol. The van der Waals surface area contributed by atoms with Crippen molar-refractivity contribution in [3.63, 3.8) is 0 Å². The van der Waals surface area contributed by atoms with Crippen LogP contribution in [-0.2, 0) is 24.1 Å². The Morgan fingerprint density at radius 1 is 1.27 bits per heavy atom. The molecule has 10 heteroatoms. The molecule has 1 aromatic heterocycles. The summed E-state index contributed by atoms with van der Waals surface area (Å²) in [4.78, 5) is 20.0. The second-order valence-electron chi connectivity index (χ2n) is 7.02. The molecule has 0 spiro atoms. The van der Waals surface area contributed by atoms with E-state index in [1.807, 2.05) is 45.0 Å². The van der Waals surface area contributed by atoms with Crippen molar-refractivity contribution in [2.75, 3.05) is 11.9 Å². The van der Waals surface area contributed by atoms with Crippen LogP contribution in [0, 0.1) is 5.92 Å². The van der Waals surface area contributed by atoms with Crippen LogP contribution in [0.15, 0.2) is 34.6 Å². The van der Waals surface area contributed by atoms with Gasteiger partial charge in [0, 0.05) is 24.0 Å². The van der Waals surface area contributed by atoms with Crippen LogP contribution < -0.4 is 16.0 Å². The Morgan fingerprint density at radius 2 is 2.03 bits per heavy atom. The number of amides is 1. The van der Waals surface area contributed by atoms with Crippen molar-refractivity contribution in [3.8, 4) is 0 Å². The highest BCUT2D eigenvalue weighted by Crippen LogP contribution is 2.29. The summed E-state index contributed by atoms with van der Waals surface area (Å²) in [5.41, 5.74) is 0.708. The molecular formula is C20H26F3N5OS. The fraction of sp³-hybridized carbons (Fsp3) is 0.450. The monoisotopic (exact) mass is 441 g/mol. The van der Waals surface area contributed by atoms with Gasteiger partial charge >= 0.3 is 6.18 Å². The topological polar surface area (TPSA) is 78.4 Å². The molecule has 0 atom stereocenters. The van der Waals surface area contributed by atoms with Crippen LogP contribution in [0.3, 0.4) is 0 Å². The van der Waals surface area contributed by atoms with Gasteiger partial charge in [-0.2, -0.15) is 13.2 Å². The van der Waals surface area contributed by atoms with Crippen LogP contribution in [0.4, 0.5) is 18.9 Å². The molecule has 30 heavy (non-hydrogen) atoms. The van der Waals surface area contributed by atoms with Crippen molar-refractivity contribution in [1.29, 1.82) is 0 Å². The maximum absolute atomic E-state index is 12.7. The largest absolute Gasteiger partial charge is 0.434 e. The molecule has 1 heterocycles. The number of thiazole rings is 1. The molecule has 0 saturated carbocycles. The second kappa shape index (κ2) is 11.0. The van der Waals surface area contributed by atoms with E-state index in [4.69, 9.17) is 0 Å². The van der Waals surface area contributed by atoms with Gasteiger partial charge in [0.2, 0.25) is 5.91 Å². The Morgan fingerprint density at radius 3 is 2.67 bits per heavy atom. The van der Waals surface area contributed by atoms with Gasteiger partial charge < -0.3 is 16.0 Å². The maximum atomic E-state index is 12.7. The number of hydrogen-bond acceptors (Lipinski definition) is 4. The molecule has 0 unspecified atom stereocenters. The Kier molecular flexibility index (Phi) is 8.64. The van der Waals surface area contributed by atoms with Crippen molar-refractivity contribution in [2.24, 2.45) is 10.9 Å². The fourth-order valence-electron chi connectivity index (χ4n) is 2.52. The quantitative estimate of drug-likeness (QED) is 0.419. The number of aromatic nitrogens is 1. The maximum Gasteiger partial charge on any atom is 0.434 e. The van der Waals surface area contributed by atoms with Crippen molar-refractivity contribution in [2.45, 2.75) is 46.5 Å². The van der Waals surface area contributed by atoms with Gasteiger partial charge in [-0.3, -0.25) is 4.79 Å². The molecule has 0 radical (unpaired) electrons. The van der Waals surface area contributed by atoms with Gasteiger partial charge in [-0.15, -0.1) is 11.3 Å². The molecule has 2 aromatic rings. The van der Waals surface area contributed by atoms with Crippen molar-refractivity contribution >= 4 is 28.9 Å². The van der Waals surface area contributed by atoms with Crippen LogP contribution in [0.2, 0.25) is 0 Å². The van der Waals surface area contributed by atoms with E-state index in [-0.39, 0.29) is 18.4 Å². The van der Waals surface area contributed by atoms with E-state index in [0.29, 0.717) is 36.2 Å². The molecule has 0 aliphatic rings. The number of benzene rings is 1. The van der Waals surface area contributed by atoms with Gasteiger partial charge in [-0.1, -0.05) is 26.0 Å². The third kappa shape index (κ3) is 8.02. The lowest BCUT2D eigenvalue weighted by atomic mass is 10.1. The number of hydrogen-bond donors (Lipinski definition) is 3. The summed E-state index contributed by atoms with van der Waals surface area (Å²) in [6.07, 6.45) is -3.99. The van der Waals surface area contributed by atoms with Gasteiger partial charge in [-0.25, -0.2) is 9.98 Å². The number of nitrogens with zero attached hydrogens (tertiary/aromatic N) is 2. The van der Waals surface area contributed by atoms with Crippen molar-refractivity contribution in [3.05, 3.63) is 45.9 Å². The third-order valence-corrected chi connectivity index (χ3v) is 4.67. The Labute approximate surface area is 178 Å². The molecule has 0 aliphatic heterocycles. The number of carbonyl (C=O) groups excluding carboxylic acids is 1. The fourth-order valence-corrected chi connectivity index (χ4v) is 3.26. The number of nitrogens with one attached hydrogen (secondary N) is 3. The van der Waals surface area contributed by atoms with E-state index in [1.165, 1.54) is 0 Å². The summed E-state index contributed by atoms with van der Waals surface area (Å²) in [5, 5.41) is 10.2. The summed E-state index contributed by atoms with van der Waals surface area (Å²) >= 11 is 0.946. The number of halogens is 3. The van der Waals surface area contributed by atoms with E-state index < -0.39 is 11.9 Å². The van der Waals surface area contributed by atoms with Gasteiger partial charge in [-0.05, 0) is 30.5 Å². The summed E-state index contributed by atoms with van der Waals surface area (Å²) < 4.78 is 38.0. The van der Waals surface area contributed by atoms with Crippen LogP contribution in [-0.4, -0.2) is 23.4 Å². The first-order valence-corrected chi connectivity index (χ1v) is 10.5. The van der Waals surface area contributed by atoms with E-state index in [0.717, 1.165) is 22.3 Å². The van der Waals surface area contributed by atoms with Gasteiger partial charge in [0.1, 0.15) is 5.01 Å². The Balaban J connectivity index is 1.98. The minimum Gasteiger partial charge on any atom is -0.357 e. The average Bonchev–Trinajstić information content (AvgIpc) is 3.13. The number of alkyl halides is 3. The lowest BCUT2D eigenvalue weighted by Crippen LogP contribution is -2.36. The molecule has 0 saturated heterocycles. The summed E-state index contributed by atoms with van der Waals surface area (Å²) in [6.45, 7) is 6.94. The summed E-state index contributed by atoms with van der Waals surface area (Å²) in [7, 11) is 0. The number of aliphatic imine (C=N–C) groups is 1. The standard InChI is InChI=1S/C20H26F3N5OS/c1-4-24-19(26-11-18-28-16(12-30-18)20(21,22)23)25-10-14-6-5-7-15(9-14)27-17(29)8-13(2)3/h5-7,9,12-13H,4,8,10-11H2,1-3H3,(H,27,29)(H2,24,25,26). The lowest BCUT2D eigenvalue weighted by Gasteiger charge is -2.11. The van der Waals surface area contributed by atoms with Gasteiger partial charge in [0.05, 0.1) is 13.1 Å². The molecule has 1 amide bonds. The predicted octanol–water partition coefficient (Wildman–Crippen LogP) is 4.40. The highest BCUT2D eigenvalue weighted by molar-refractivity contribution is 7.09. The van der Waals surface area contributed by atoms with E-state index >= 15 is 0 Å². The smallest absolute Gasteiger partial charge is 0.357 e. The zero-order valence-corrected chi connectivity index (χ0v) is 18.0. The number of guanidine groups is 1. The first-order valence-electron chi connectivity index (χ1n) is 9.60. The second-order valence-corrected chi connectivity index (χ2v) is 7.96. The third-order valence-electron chi connectivity index (χ3n) is 3.82. The summed E-state index contributed by atoms with van der Waals surface area (Å²) in [6, 6.07) is 7.39. The zero-order chi connectivity index (χ0) is 22.1. The van der Waals surface area contributed by atoms with Gasteiger partial charge in [0.25, 0.3) is 0 Å². The van der Waals surface area contributed by atoms with Crippen molar-refractivity contribution < 1.29 is 18.0 Å². The Hall–Kier alpha value is -2.62. The molecule has 6 nitrogen and oxygen atoms in total. The molecule has 0 fully saturated rings. The highest BCUT2D eigenvalue weighted by Gasteiger charge is 2.33. The first kappa shape index (κ1) is 23.7. The van der Waals surface area contributed by atoms with Crippen LogP contribution in [0.5, 0.6) is 0 Å². The van der Waals surface area contributed by atoms with E-state index in [1.54, 1.807) is 0 Å². The number of carbonyl (C=O) groups is 1. The van der Waals surface area contributed by atoms with Crippen LogP contribution >= 0.6 is 11.3 Å². The molecule has 0 aliphatic carbocycles. The highest BCUT2D eigenvalue weighted by atomic mass is 32.1. The SMILES string of the molecule is CCNC(=NCc1cccc(NC(=O)CC(C)C)c1)NCc1nc(C(F)(F)F)cs1. The minimum absolute atomic E-state index is 0.0395. The molecule has 1 aromatic carbocycles. The number of rotatable bonds is 8. The zero-order valence-electron chi connectivity index (χ0n) is 17.1. The number of anilines is 1. The predicted molar refractivity (Wildman–Crippen MR) is 113 cm³/mol. The van der Waals surface area contributed by atoms with Crippen LogP contribution in [0.25, 0.3) is 0 Å². The Bertz CT molecular complexity index is 864. The lowest BCUT2D eigenvalue weighted by molar-refractivity contribution is -0.140. The van der Waals surface area contributed by atoms with E-state index in [9.17, 15) is 18.0 Å².